The fourth-order valence-corrected chi connectivity index (χ4v) is 3.24. The maximum absolute atomic E-state index is 13.2. The number of hydrogen-bond donors (Lipinski definition) is 1. The summed E-state index contributed by atoms with van der Waals surface area (Å²) in [4.78, 5) is 23.0. The Kier molecular flexibility index (Phi) is 4.73. The van der Waals surface area contributed by atoms with Crippen LogP contribution in [0.25, 0.3) is 0 Å². The van der Waals surface area contributed by atoms with Crippen LogP contribution in [0.1, 0.15) is 21.6 Å². The van der Waals surface area contributed by atoms with E-state index in [2.05, 4.69) is 38.4 Å². The van der Waals surface area contributed by atoms with Gasteiger partial charge in [-0.1, -0.05) is 35.9 Å². The monoisotopic (exact) mass is 382 g/mol. The summed E-state index contributed by atoms with van der Waals surface area (Å²) in [6.07, 6.45) is 3.99. The maximum atomic E-state index is 13.2. The molecule has 0 spiro atoms. The number of nitrogens with one attached hydrogen (secondary N) is 1. The van der Waals surface area contributed by atoms with Crippen molar-refractivity contribution in [1.29, 1.82) is 0 Å². The molecule has 2 aromatic carbocycles. The zero-order valence-electron chi connectivity index (χ0n) is 14.3. The summed E-state index contributed by atoms with van der Waals surface area (Å²) in [7, 11) is 0. The maximum Gasteiger partial charge on any atom is 0.275 e. The minimum Gasteiger partial charge on any atom is -0.351 e. The molecular formula is C20H16ClFN4O. The first-order chi connectivity index (χ1) is 13.1. The molecule has 1 amide bonds. The van der Waals surface area contributed by atoms with Crippen molar-refractivity contribution in [2.75, 3.05) is 16.8 Å². The van der Waals surface area contributed by atoms with Gasteiger partial charge in [-0.3, -0.25) is 4.79 Å². The normalized spacial score (nSPS) is 13.2. The van der Waals surface area contributed by atoms with Crippen LogP contribution in [0.4, 0.5) is 15.9 Å². The van der Waals surface area contributed by atoms with Gasteiger partial charge in [0, 0.05) is 18.8 Å². The second-order valence-electron chi connectivity index (χ2n) is 6.28. The third-order valence-corrected chi connectivity index (χ3v) is 4.79. The topological polar surface area (TPSA) is 58.1 Å². The Bertz CT molecular complexity index is 994. The van der Waals surface area contributed by atoms with Gasteiger partial charge < -0.3 is 10.2 Å². The molecule has 0 atom stereocenters. The van der Waals surface area contributed by atoms with Crippen LogP contribution in [0.2, 0.25) is 5.02 Å². The van der Waals surface area contributed by atoms with Crippen LogP contribution < -0.4 is 10.2 Å². The van der Waals surface area contributed by atoms with Gasteiger partial charge in [0.25, 0.3) is 5.91 Å². The van der Waals surface area contributed by atoms with Gasteiger partial charge in [-0.05, 0) is 35.7 Å². The predicted molar refractivity (Wildman–Crippen MR) is 103 cm³/mol. The third-order valence-electron chi connectivity index (χ3n) is 4.50. The standard InChI is InChI=1S/C20H16ClFN4O/c21-16-9-15(5-6-17(16)22)25-20(27)18-10-24-19(11-23-18)26-8-7-13-3-1-2-4-14(13)12-26/h1-6,9-11H,7-8,12H2,(H,25,27). The molecule has 0 saturated carbocycles. The molecule has 3 aromatic rings. The highest BCUT2D eigenvalue weighted by molar-refractivity contribution is 6.31. The van der Waals surface area contributed by atoms with E-state index in [1.807, 2.05) is 6.07 Å². The zero-order chi connectivity index (χ0) is 18.8. The van der Waals surface area contributed by atoms with Crippen LogP contribution in [-0.2, 0) is 13.0 Å². The lowest BCUT2D eigenvalue weighted by Gasteiger charge is -2.29. The van der Waals surface area contributed by atoms with Gasteiger partial charge in [0.1, 0.15) is 17.3 Å². The smallest absolute Gasteiger partial charge is 0.275 e. The van der Waals surface area contributed by atoms with Crippen LogP contribution in [-0.4, -0.2) is 22.4 Å². The third kappa shape index (κ3) is 3.75. The lowest BCUT2D eigenvalue weighted by atomic mass is 10.0. The molecule has 0 unspecified atom stereocenters. The van der Waals surface area contributed by atoms with Gasteiger partial charge in [-0.15, -0.1) is 0 Å². The summed E-state index contributed by atoms with van der Waals surface area (Å²) in [6.45, 7) is 1.62. The van der Waals surface area contributed by atoms with Crippen molar-refractivity contribution >= 4 is 29.0 Å². The molecule has 1 N–H and O–H groups in total. The van der Waals surface area contributed by atoms with E-state index in [-0.39, 0.29) is 10.7 Å². The van der Waals surface area contributed by atoms with E-state index in [4.69, 9.17) is 11.6 Å². The zero-order valence-corrected chi connectivity index (χ0v) is 15.1. The van der Waals surface area contributed by atoms with Crippen molar-refractivity contribution < 1.29 is 9.18 Å². The number of halogens is 2. The lowest BCUT2D eigenvalue weighted by molar-refractivity contribution is 0.102. The first-order valence-corrected chi connectivity index (χ1v) is 8.88. The van der Waals surface area contributed by atoms with Gasteiger partial charge in [0.05, 0.1) is 17.4 Å². The molecule has 136 valence electrons. The van der Waals surface area contributed by atoms with E-state index in [1.165, 1.54) is 35.5 Å². The summed E-state index contributed by atoms with van der Waals surface area (Å²) in [5, 5.41) is 2.58. The number of rotatable bonds is 3. The van der Waals surface area contributed by atoms with Gasteiger partial charge in [0.15, 0.2) is 0 Å². The Hall–Kier alpha value is -2.99. The highest BCUT2D eigenvalue weighted by Gasteiger charge is 2.18. The fourth-order valence-electron chi connectivity index (χ4n) is 3.06. The lowest BCUT2D eigenvalue weighted by Crippen LogP contribution is -2.31. The molecule has 0 bridgehead atoms. The molecule has 1 aromatic heterocycles. The Morgan fingerprint density at radius 1 is 1.11 bits per heavy atom. The molecule has 0 radical (unpaired) electrons. The molecule has 5 nitrogen and oxygen atoms in total. The second kappa shape index (κ2) is 7.32. The van der Waals surface area contributed by atoms with E-state index in [1.54, 1.807) is 6.20 Å². The number of amides is 1. The molecule has 27 heavy (non-hydrogen) atoms. The molecule has 0 aliphatic carbocycles. The predicted octanol–water partition coefficient (Wildman–Crippen LogP) is 4.08. The number of nitrogens with zero attached hydrogens (tertiary/aromatic N) is 3. The number of hydrogen-bond acceptors (Lipinski definition) is 4. The Balaban J connectivity index is 1.46. The largest absolute Gasteiger partial charge is 0.351 e. The van der Waals surface area contributed by atoms with Crippen LogP contribution in [0, 0.1) is 5.82 Å². The number of anilines is 2. The SMILES string of the molecule is O=C(Nc1ccc(F)c(Cl)c1)c1cnc(N2CCc3ccccc3C2)cn1. The molecule has 1 aliphatic rings. The minimum absolute atomic E-state index is 0.0559. The molecular weight excluding hydrogens is 367 g/mol. The van der Waals surface area contributed by atoms with Crippen molar-refractivity contribution in [3.63, 3.8) is 0 Å². The average molecular weight is 383 g/mol. The number of aromatic nitrogens is 2. The van der Waals surface area contributed by atoms with Crippen molar-refractivity contribution in [1.82, 2.24) is 9.97 Å². The van der Waals surface area contributed by atoms with Crippen molar-refractivity contribution in [3.8, 4) is 0 Å². The molecule has 4 rings (SSSR count). The molecule has 0 saturated heterocycles. The summed E-state index contributed by atoms with van der Waals surface area (Å²) < 4.78 is 13.2. The Morgan fingerprint density at radius 3 is 2.67 bits per heavy atom. The van der Waals surface area contributed by atoms with E-state index in [0.717, 1.165) is 25.3 Å². The van der Waals surface area contributed by atoms with E-state index in [0.29, 0.717) is 5.69 Å². The first kappa shape index (κ1) is 17.4. The quantitative estimate of drug-likeness (QED) is 0.741. The van der Waals surface area contributed by atoms with Gasteiger partial charge in [0.2, 0.25) is 0 Å². The van der Waals surface area contributed by atoms with Crippen molar-refractivity contribution in [3.05, 3.63) is 82.5 Å². The van der Waals surface area contributed by atoms with Crippen LogP contribution >= 0.6 is 11.6 Å². The summed E-state index contributed by atoms with van der Waals surface area (Å²) in [6, 6.07) is 12.3. The molecule has 2 heterocycles. The van der Waals surface area contributed by atoms with Gasteiger partial charge in [-0.25, -0.2) is 14.4 Å². The fraction of sp³-hybridized carbons (Fsp3) is 0.150. The van der Waals surface area contributed by atoms with E-state index in [9.17, 15) is 9.18 Å². The van der Waals surface area contributed by atoms with Crippen molar-refractivity contribution in [2.24, 2.45) is 0 Å². The van der Waals surface area contributed by atoms with Crippen LogP contribution in [0.3, 0.4) is 0 Å². The van der Waals surface area contributed by atoms with E-state index >= 15 is 0 Å². The Morgan fingerprint density at radius 2 is 1.93 bits per heavy atom. The molecule has 0 fully saturated rings. The van der Waals surface area contributed by atoms with E-state index < -0.39 is 11.7 Å². The minimum atomic E-state index is -0.540. The number of carbonyl (C=O) groups is 1. The second-order valence-corrected chi connectivity index (χ2v) is 6.69. The van der Waals surface area contributed by atoms with Crippen LogP contribution in [0.5, 0.6) is 0 Å². The number of fused-ring (bicyclic) bond motifs is 1. The summed E-state index contributed by atoms with van der Waals surface area (Å²) >= 11 is 5.73. The number of benzene rings is 2. The Labute approximate surface area is 160 Å². The molecule has 1 aliphatic heterocycles. The van der Waals surface area contributed by atoms with Gasteiger partial charge in [-0.2, -0.15) is 0 Å². The summed E-state index contributed by atoms with van der Waals surface area (Å²) in [5.41, 5.74) is 3.21. The van der Waals surface area contributed by atoms with Gasteiger partial charge >= 0.3 is 0 Å². The highest BCUT2D eigenvalue weighted by Crippen LogP contribution is 2.23. The summed E-state index contributed by atoms with van der Waals surface area (Å²) in [5.74, 6) is -0.242. The average Bonchev–Trinajstić information content (AvgIpc) is 2.70. The van der Waals surface area contributed by atoms with Crippen LogP contribution in [0.15, 0.2) is 54.9 Å². The first-order valence-electron chi connectivity index (χ1n) is 8.50. The van der Waals surface area contributed by atoms with Crippen molar-refractivity contribution in [2.45, 2.75) is 13.0 Å². The molecule has 7 heteroatoms. The number of carbonyl (C=O) groups excluding carboxylic acids is 1. The highest BCUT2D eigenvalue weighted by atomic mass is 35.5.